The lowest BCUT2D eigenvalue weighted by Crippen LogP contribution is -2.16. The zero-order valence-corrected chi connectivity index (χ0v) is 12.3. The Morgan fingerprint density at radius 3 is 2.50 bits per heavy atom. The van der Waals surface area contributed by atoms with E-state index in [1.807, 2.05) is 25.4 Å². The number of nitrogens with one attached hydrogen (secondary N) is 1. The van der Waals surface area contributed by atoms with Gasteiger partial charge in [0.05, 0.1) is 18.5 Å². The van der Waals surface area contributed by atoms with Gasteiger partial charge in [-0.2, -0.15) is 0 Å². The fourth-order valence-corrected chi connectivity index (χ4v) is 1.72. The number of ether oxygens (including phenoxy) is 1. The highest BCUT2D eigenvalue weighted by Gasteiger charge is 2.11. The molecule has 1 atom stereocenters. The molecule has 0 radical (unpaired) electrons. The van der Waals surface area contributed by atoms with E-state index in [0.29, 0.717) is 11.5 Å². The highest BCUT2D eigenvalue weighted by molar-refractivity contribution is 5.21. The molecule has 1 aromatic heterocycles. The topological polar surface area (TPSA) is 34.1 Å². The number of aromatic nitrogens is 1. The summed E-state index contributed by atoms with van der Waals surface area (Å²) in [5, 5.41) is 3.25. The number of hydrogen-bond donors (Lipinski definition) is 1. The fraction of sp³-hybridized carbons (Fsp3) is 0.667. The van der Waals surface area contributed by atoms with Crippen molar-refractivity contribution in [2.45, 2.75) is 46.6 Å². The van der Waals surface area contributed by atoms with Crippen molar-refractivity contribution in [3.63, 3.8) is 0 Å². The third kappa shape index (κ3) is 5.05. The minimum Gasteiger partial charge on any atom is -0.492 e. The normalized spacial score (nSPS) is 13.4. The highest BCUT2D eigenvalue weighted by atomic mass is 16.5. The van der Waals surface area contributed by atoms with Crippen LogP contribution in [0.5, 0.6) is 5.75 Å². The van der Waals surface area contributed by atoms with Crippen molar-refractivity contribution in [1.29, 1.82) is 0 Å². The molecule has 0 aliphatic carbocycles. The lowest BCUT2D eigenvalue weighted by Gasteiger charge is -2.18. The molecule has 3 nitrogen and oxygen atoms in total. The monoisotopic (exact) mass is 250 g/mol. The summed E-state index contributed by atoms with van der Waals surface area (Å²) in [6.07, 6.45) is 3.90. The molecule has 0 aromatic carbocycles. The summed E-state index contributed by atoms with van der Waals surface area (Å²) in [6, 6.07) is 4.37. The average Bonchev–Trinajstić information content (AvgIpc) is 2.31. The van der Waals surface area contributed by atoms with Crippen molar-refractivity contribution in [2.24, 2.45) is 5.41 Å². The van der Waals surface area contributed by atoms with Gasteiger partial charge in [-0.15, -0.1) is 0 Å². The summed E-state index contributed by atoms with van der Waals surface area (Å²) < 4.78 is 5.70. The van der Waals surface area contributed by atoms with Gasteiger partial charge in [0.15, 0.2) is 0 Å². The molecule has 1 aromatic rings. The van der Waals surface area contributed by atoms with Crippen molar-refractivity contribution in [3.8, 4) is 5.75 Å². The molecule has 3 heteroatoms. The van der Waals surface area contributed by atoms with E-state index < -0.39 is 0 Å². The van der Waals surface area contributed by atoms with Crippen molar-refractivity contribution in [2.75, 3.05) is 13.7 Å². The van der Waals surface area contributed by atoms with E-state index in [4.69, 9.17) is 4.74 Å². The molecule has 0 aliphatic heterocycles. The molecule has 0 fully saturated rings. The molecule has 0 bridgehead atoms. The molecule has 0 spiro atoms. The van der Waals surface area contributed by atoms with E-state index in [1.165, 1.54) is 0 Å². The first-order valence-electron chi connectivity index (χ1n) is 6.72. The van der Waals surface area contributed by atoms with Crippen LogP contribution in [0.4, 0.5) is 0 Å². The van der Waals surface area contributed by atoms with Gasteiger partial charge < -0.3 is 10.1 Å². The van der Waals surface area contributed by atoms with Crippen LogP contribution >= 0.6 is 0 Å². The molecule has 1 rings (SSSR count). The molecule has 1 unspecified atom stereocenters. The SMILES string of the molecule is CCC(NC)c1ccc(OCCC(C)(C)C)cn1. The number of rotatable bonds is 6. The smallest absolute Gasteiger partial charge is 0.137 e. The van der Waals surface area contributed by atoms with Crippen molar-refractivity contribution in [3.05, 3.63) is 24.0 Å². The molecule has 102 valence electrons. The first-order valence-corrected chi connectivity index (χ1v) is 6.72. The second kappa shape index (κ2) is 6.74. The summed E-state index contributed by atoms with van der Waals surface area (Å²) >= 11 is 0. The van der Waals surface area contributed by atoms with E-state index in [-0.39, 0.29) is 0 Å². The standard InChI is InChI=1S/C15H26N2O/c1-6-13(16-5)14-8-7-12(11-17-14)18-10-9-15(2,3)4/h7-8,11,13,16H,6,9-10H2,1-5H3. The van der Waals surface area contributed by atoms with Crippen LogP contribution in [0.2, 0.25) is 0 Å². The van der Waals surface area contributed by atoms with Gasteiger partial charge in [0.1, 0.15) is 5.75 Å². The third-order valence-electron chi connectivity index (χ3n) is 2.99. The average molecular weight is 250 g/mol. The van der Waals surface area contributed by atoms with Crippen LogP contribution in [0.3, 0.4) is 0 Å². The molecule has 1 N–H and O–H groups in total. The van der Waals surface area contributed by atoms with Gasteiger partial charge in [-0.25, -0.2) is 0 Å². The van der Waals surface area contributed by atoms with Gasteiger partial charge in [0.25, 0.3) is 0 Å². The molecule has 0 saturated carbocycles. The van der Waals surface area contributed by atoms with Gasteiger partial charge in [-0.05, 0) is 37.4 Å². The zero-order chi connectivity index (χ0) is 13.6. The lowest BCUT2D eigenvalue weighted by atomic mass is 9.93. The first kappa shape index (κ1) is 15.0. The molecular formula is C15H26N2O. The van der Waals surface area contributed by atoms with Crippen LogP contribution in [0, 0.1) is 5.41 Å². The van der Waals surface area contributed by atoms with Crippen LogP contribution < -0.4 is 10.1 Å². The van der Waals surface area contributed by atoms with Gasteiger partial charge in [-0.1, -0.05) is 27.7 Å². The van der Waals surface area contributed by atoms with Crippen molar-refractivity contribution >= 4 is 0 Å². The molecule has 0 amide bonds. The summed E-state index contributed by atoms with van der Waals surface area (Å²) in [7, 11) is 1.96. The minimum absolute atomic E-state index is 0.312. The van der Waals surface area contributed by atoms with E-state index in [1.54, 1.807) is 0 Å². The summed E-state index contributed by atoms with van der Waals surface area (Å²) in [6.45, 7) is 9.55. The number of nitrogens with zero attached hydrogens (tertiary/aromatic N) is 1. The van der Waals surface area contributed by atoms with Crippen molar-refractivity contribution < 1.29 is 4.74 Å². The number of hydrogen-bond acceptors (Lipinski definition) is 3. The summed E-state index contributed by atoms with van der Waals surface area (Å²) in [4.78, 5) is 4.45. The first-order chi connectivity index (χ1) is 8.46. The van der Waals surface area contributed by atoms with Gasteiger partial charge in [0.2, 0.25) is 0 Å². The Kier molecular flexibility index (Phi) is 5.60. The van der Waals surface area contributed by atoms with Crippen LogP contribution in [-0.4, -0.2) is 18.6 Å². The number of pyridine rings is 1. The minimum atomic E-state index is 0.312. The van der Waals surface area contributed by atoms with Crippen LogP contribution in [0.15, 0.2) is 18.3 Å². The second-order valence-corrected chi connectivity index (χ2v) is 5.83. The third-order valence-corrected chi connectivity index (χ3v) is 2.99. The Morgan fingerprint density at radius 2 is 2.06 bits per heavy atom. The molecule has 0 aliphatic rings. The Labute approximate surface area is 111 Å². The Balaban J connectivity index is 2.50. The van der Waals surface area contributed by atoms with Gasteiger partial charge >= 0.3 is 0 Å². The Hall–Kier alpha value is -1.09. The molecular weight excluding hydrogens is 224 g/mol. The molecule has 18 heavy (non-hydrogen) atoms. The Morgan fingerprint density at radius 1 is 1.33 bits per heavy atom. The van der Waals surface area contributed by atoms with E-state index in [2.05, 4.69) is 38.0 Å². The van der Waals surface area contributed by atoms with Crippen molar-refractivity contribution in [1.82, 2.24) is 10.3 Å². The zero-order valence-electron chi connectivity index (χ0n) is 12.3. The van der Waals surface area contributed by atoms with Gasteiger partial charge in [0, 0.05) is 6.04 Å². The predicted octanol–water partition coefficient (Wildman–Crippen LogP) is 3.57. The van der Waals surface area contributed by atoms with E-state index in [9.17, 15) is 0 Å². The van der Waals surface area contributed by atoms with Gasteiger partial charge in [-0.3, -0.25) is 4.98 Å². The van der Waals surface area contributed by atoms with Crippen LogP contribution in [0.25, 0.3) is 0 Å². The summed E-state index contributed by atoms with van der Waals surface area (Å²) in [5.41, 5.74) is 1.38. The largest absolute Gasteiger partial charge is 0.492 e. The van der Waals surface area contributed by atoms with Crippen LogP contribution in [-0.2, 0) is 0 Å². The maximum absolute atomic E-state index is 5.70. The Bertz CT molecular complexity index is 337. The lowest BCUT2D eigenvalue weighted by molar-refractivity contribution is 0.242. The van der Waals surface area contributed by atoms with E-state index >= 15 is 0 Å². The maximum Gasteiger partial charge on any atom is 0.137 e. The highest BCUT2D eigenvalue weighted by Crippen LogP contribution is 2.20. The molecule has 1 heterocycles. The fourth-order valence-electron chi connectivity index (χ4n) is 1.72. The quantitative estimate of drug-likeness (QED) is 0.838. The molecule has 0 saturated heterocycles. The maximum atomic E-state index is 5.70. The second-order valence-electron chi connectivity index (χ2n) is 5.83. The summed E-state index contributed by atoms with van der Waals surface area (Å²) in [5.74, 6) is 0.856. The predicted molar refractivity (Wildman–Crippen MR) is 75.9 cm³/mol. The van der Waals surface area contributed by atoms with Crippen LogP contribution in [0.1, 0.15) is 52.3 Å². The van der Waals surface area contributed by atoms with E-state index in [0.717, 1.165) is 30.9 Å².